The number of alkyl halides is 3. The molecule has 2 rings (SSSR count). The molecule has 6 heteroatoms. The zero-order valence-electron chi connectivity index (χ0n) is 10.7. The topological polar surface area (TPSA) is 38.5 Å². The summed E-state index contributed by atoms with van der Waals surface area (Å²) in [7, 11) is 1.44. The molecule has 1 fully saturated rings. The van der Waals surface area contributed by atoms with E-state index in [0.29, 0.717) is 30.1 Å². The number of nitrogens with two attached hydrogens (primary N) is 1. The number of methoxy groups -OCH3 is 1. The van der Waals surface area contributed by atoms with Gasteiger partial charge in [-0.15, -0.1) is 0 Å². The maximum absolute atomic E-state index is 13.1. The van der Waals surface area contributed by atoms with Gasteiger partial charge in [0, 0.05) is 18.3 Å². The van der Waals surface area contributed by atoms with E-state index in [1.165, 1.54) is 12.0 Å². The van der Waals surface area contributed by atoms with Crippen LogP contribution in [0, 0.1) is 0 Å². The van der Waals surface area contributed by atoms with Gasteiger partial charge in [-0.1, -0.05) is 0 Å². The van der Waals surface area contributed by atoms with Gasteiger partial charge in [-0.3, -0.25) is 0 Å². The lowest BCUT2D eigenvalue weighted by Crippen LogP contribution is -2.48. The lowest BCUT2D eigenvalue weighted by Gasteiger charge is -2.39. The molecule has 1 aliphatic heterocycles. The summed E-state index contributed by atoms with van der Waals surface area (Å²) in [4.78, 5) is 1.38. The monoisotopic (exact) mass is 274 g/mol. The summed E-state index contributed by atoms with van der Waals surface area (Å²) in [6.07, 6.45) is -2.76. The molecule has 1 aromatic carbocycles. The summed E-state index contributed by atoms with van der Waals surface area (Å²) in [5, 5.41) is 0. The highest BCUT2D eigenvalue weighted by Gasteiger charge is 2.45. The summed E-state index contributed by atoms with van der Waals surface area (Å²) < 4.78 is 44.4. The van der Waals surface area contributed by atoms with Gasteiger partial charge in [0.05, 0.1) is 12.8 Å². The first-order valence-corrected chi connectivity index (χ1v) is 6.20. The molecule has 19 heavy (non-hydrogen) atoms. The van der Waals surface area contributed by atoms with Gasteiger partial charge in [0.15, 0.2) is 0 Å². The second-order valence-corrected chi connectivity index (χ2v) is 4.68. The lowest BCUT2D eigenvalue weighted by molar-refractivity contribution is -0.152. The quantitative estimate of drug-likeness (QED) is 0.842. The fraction of sp³-hybridized carbons (Fsp3) is 0.538. The van der Waals surface area contributed by atoms with E-state index in [-0.39, 0.29) is 6.42 Å². The van der Waals surface area contributed by atoms with Gasteiger partial charge >= 0.3 is 6.18 Å². The Kier molecular flexibility index (Phi) is 3.78. The molecule has 1 saturated heterocycles. The molecule has 106 valence electrons. The number of nitrogen functional groups attached to an aromatic ring is 1. The maximum Gasteiger partial charge on any atom is 0.408 e. The van der Waals surface area contributed by atoms with Crippen LogP contribution in [0.3, 0.4) is 0 Å². The average molecular weight is 274 g/mol. The van der Waals surface area contributed by atoms with Crippen molar-refractivity contribution in [2.45, 2.75) is 31.5 Å². The summed E-state index contributed by atoms with van der Waals surface area (Å²) in [6.45, 7) is 0.379. The minimum absolute atomic E-state index is 0.122. The van der Waals surface area contributed by atoms with Crippen molar-refractivity contribution in [2.24, 2.45) is 0 Å². The third-order valence-electron chi connectivity index (χ3n) is 3.39. The smallest absolute Gasteiger partial charge is 0.408 e. The zero-order valence-corrected chi connectivity index (χ0v) is 10.7. The predicted molar refractivity (Wildman–Crippen MR) is 68.4 cm³/mol. The van der Waals surface area contributed by atoms with E-state index in [1.54, 1.807) is 18.2 Å². The van der Waals surface area contributed by atoms with E-state index in [9.17, 15) is 13.2 Å². The molecule has 1 unspecified atom stereocenters. The SMILES string of the molecule is COc1cc(N)ccc1N1CCCCC1C(F)(F)F. The Hall–Kier alpha value is -1.59. The van der Waals surface area contributed by atoms with E-state index >= 15 is 0 Å². The first-order chi connectivity index (χ1) is 8.93. The predicted octanol–water partition coefficient (Wildman–Crippen LogP) is 3.20. The van der Waals surface area contributed by atoms with Crippen molar-refractivity contribution in [2.75, 3.05) is 24.3 Å². The minimum Gasteiger partial charge on any atom is -0.495 e. The number of anilines is 2. The van der Waals surface area contributed by atoms with Crippen LogP contribution in [-0.2, 0) is 0 Å². The largest absolute Gasteiger partial charge is 0.495 e. The molecule has 1 atom stereocenters. The molecule has 0 spiro atoms. The number of benzene rings is 1. The van der Waals surface area contributed by atoms with Crippen LogP contribution in [0.4, 0.5) is 24.5 Å². The first kappa shape index (κ1) is 13.8. The van der Waals surface area contributed by atoms with Crippen molar-refractivity contribution in [1.29, 1.82) is 0 Å². The Morgan fingerprint density at radius 2 is 2.05 bits per heavy atom. The van der Waals surface area contributed by atoms with E-state index in [4.69, 9.17) is 10.5 Å². The van der Waals surface area contributed by atoms with Gasteiger partial charge in [0.25, 0.3) is 0 Å². The molecular formula is C13H17F3N2O. The molecule has 2 N–H and O–H groups in total. The molecule has 0 amide bonds. The standard InChI is InChI=1S/C13H17F3N2O/c1-19-11-8-9(17)5-6-10(11)18-7-3-2-4-12(18)13(14,15)16/h5-6,8,12H,2-4,7,17H2,1H3. The number of piperidine rings is 1. The highest BCUT2D eigenvalue weighted by molar-refractivity contribution is 5.64. The van der Waals surface area contributed by atoms with Crippen molar-refractivity contribution in [3.8, 4) is 5.75 Å². The average Bonchev–Trinajstić information content (AvgIpc) is 2.37. The Morgan fingerprint density at radius 3 is 2.68 bits per heavy atom. The molecule has 1 aromatic rings. The van der Waals surface area contributed by atoms with Crippen molar-refractivity contribution in [1.82, 2.24) is 0 Å². The van der Waals surface area contributed by atoms with Crippen LogP contribution in [0.1, 0.15) is 19.3 Å². The van der Waals surface area contributed by atoms with Gasteiger partial charge in [-0.05, 0) is 31.4 Å². The maximum atomic E-state index is 13.1. The number of halogens is 3. The number of rotatable bonds is 2. The molecule has 1 aliphatic rings. The van der Waals surface area contributed by atoms with Gasteiger partial charge < -0.3 is 15.4 Å². The minimum atomic E-state index is -4.23. The third kappa shape index (κ3) is 2.88. The van der Waals surface area contributed by atoms with Gasteiger partial charge in [0.1, 0.15) is 11.8 Å². The molecule has 0 aliphatic carbocycles. The van der Waals surface area contributed by atoms with E-state index < -0.39 is 12.2 Å². The van der Waals surface area contributed by atoms with E-state index in [2.05, 4.69) is 0 Å². The molecule has 0 radical (unpaired) electrons. The van der Waals surface area contributed by atoms with Gasteiger partial charge in [0.2, 0.25) is 0 Å². The highest BCUT2D eigenvalue weighted by atomic mass is 19.4. The van der Waals surface area contributed by atoms with Crippen molar-refractivity contribution in [3.63, 3.8) is 0 Å². The lowest BCUT2D eigenvalue weighted by atomic mass is 10.0. The Labute approximate surface area is 110 Å². The zero-order chi connectivity index (χ0) is 14.0. The van der Waals surface area contributed by atoms with Crippen molar-refractivity contribution < 1.29 is 17.9 Å². The Balaban J connectivity index is 2.37. The van der Waals surface area contributed by atoms with Crippen LogP contribution in [0.5, 0.6) is 5.75 Å². The summed E-state index contributed by atoms with van der Waals surface area (Å²) in [5.74, 6) is 0.385. The normalized spacial score (nSPS) is 20.4. The van der Waals surface area contributed by atoms with E-state index in [0.717, 1.165) is 6.42 Å². The Bertz CT molecular complexity index is 448. The van der Waals surface area contributed by atoms with Crippen LogP contribution >= 0.6 is 0 Å². The van der Waals surface area contributed by atoms with Crippen LogP contribution in [0.25, 0.3) is 0 Å². The summed E-state index contributed by atoms with van der Waals surface area (Å²) in [6, 6.07) is 3.30. The van der Waals surface area contributed by atoms with E-state index in [1.807, 2.05) is 0 Å². The van der Waals surface area contributed by atoms with Crippen LogP contribution in [0.2, 0.25) is 0 Å². The molecular weight excluding hydrogens is 257 g/mol. The number of ether oxygens (including phenoxy) is 1. The highest BCUT2D eigenvalue weighted by Crippen LogP contribution is 2.39. The second-order valence-electron chi connectivity index (χ2n) is 4.68. The fourth-order valence-electron chi connectivity index (χ4n) is 2.49. The third-order valence-corrected chi connectivity index (χ3v) is 3.39. The first-order valence-electron chi connectivity index (χ1n) is 6.20. The Morgan fingerprint density at radius 1 is 1.32 bits per heavy atom. The fourth-order valence-corrected chi connectivity index (χ4v) is 2.49. The number of nitrogens with zero attached hydrogens (tertiary/aromatic N) is 1. The van der Waals surface area contributed by atoms with Crippen molar-refractivity contribution in [3.05, 3.63) is 18.2 Å². The number of hydrogen-bond acceptors (Lipinski definition) is 3. The summed E-state index contributed by atoms with van der Waals surface area (Å²) >= 11 is 0. The molecule has 1 heterocycles. The molecule has 0 saturated carbocycles. The van der Waals surface area contributed by atoms with Gasteiger partial charge in [-0.2, -0.15) is 13.2 Å². The summed E-state index contributed by atoms with van der Waals surface area (Å²) in [5.41, 5.74) is 6.56. The van der Waals surface area contributed by atoms with Crippen LogP contribution in [-0.4, -0.2) is 25.9 Å². The van der Waals surface area contributed by atoms with Crippen molar-refractivity contribution >= 4 is 11.4 Å². The van der Waals surface area contributed by atoms with Gasteiger partial charge in [-0.25, -0.2) is 0 Å². The molecule has 0 aromatic heterocycles. The number of hydrogen-bond donors (Lipinski definition) is 1. The second kappa shape index (κ2) is 5.19. The molecule has 0 bridgehead atoms. The van der Waals surface area contributed by atoms with Crippen LogP contribution in [0.15, 0.2) is 18.2 Å². The van der Waals surface area contributed by atoms with Crippen LogP contribution < -0.4 is 15.4 Å². The molecule has 3 nitrogen and oxygen atoms in total.